The standard InChI is InChI=1S/C36H49FN6O5S.C26H39N5O4S.C10H12FNO2/c1-34(2,3)24-17-19-38-27(21-24)26(15-13-23-18-20-43(22-23)33(45)48-36(7,8)9)39-29-11-10-12-30(41-29)49(46,47)42-32(44)25-14-16-28(35(4,5)6)40-31(25)37;1-25(2,3)19-12-14-28-21(16-19)20(29-22-8-7-9-23(30-22)36(27,33)34)11-10-18-13-15-31(17-18)24(32)35-26(4,5)6;1-10(2,3)7-5-4-6(9(13)14)8(11)12-7/h10-12,14,16-17,19,21,23,26H,13,15,18,20,22H2,1-9H3,(H,39,41)(H,42,44);7-9,12,14,16,18,20H,10-11,13,15,17H2,1-6H3,(H,29,30)(H2,27,33,34);4-5H,1-3H3,(H,13,14)/t23-,26?;18-,20?;/m00./s1. The minimum Gasteiger partial charge on any atom is -0.478 e. The molecule has 27 heteroatoms. The third kappa shape index (κ3) is 24.2. The van der Waals surface area contributed by atoms with E-state index in [9.17, 15) is 44.8 Å². The summed E-state index contributed by atoms with van der Waals surface area (Å²) in [6.45, 7) is 37.6. The van der Waals surface area contributed by atoms with E-state index in [1.807, 2.05) is 106 Å². The smallest absolute Gasteiger partial charge is 0.410 e. The summed E-state index contributed by atoms with van der Waals surface area (Å²) in [6.07, 6.45) is 7.68. The number of carboxylic acids is 1. The van der Waals surface area contributed by atoms with Crippen molar-refractivity contribution >= 4 is 55.7 Å². The Bertz CT molecular complexity index is 4060. The van der Waals surface area contributed by atoms with E-state index in [-0.39, 0.29) is 57.3 Å². The molecule has 0 spiro atoms. The fourth-order valence-corrected chi connectivity index (χ4v) is 12.1. The van der Waals surface area contributed by atoms with Crippen LogP contribution in [0.25, 0.3) is 0 Å². The van der Waals surface area contributed by atoms with Crippen LogP contribution >= 0.6 is 0 Å². The van der Waals surface area contributed by atoms with Gasteiger partial charge in [0, 0.05) is 60.8 Å². The molecule has 2 fully saturated rings. The highest BCUT2D eigenvalue weighted by atomic mass is 32.2. The van der Waals surface area contributed by atoms with E-state index in [0.717, 1.165) is 54.6 Å². The van der Waals surface area contributed by atoms with E-state index >= 15 is 0 Å². The highest BCUT2D eigenvalue weighted by molar-refractivity contribution is 7.90. The molecule has 8 rings (SSSR count). The van der Waals surface area contributed by atoms with Crippen LogP contribution in [0, 0.1) is 23.7 Å². The Hall–Kier alpha value is -8.30. The number of aromatic carboxylic acids is 1. The van der Waals surface area contributed by atoms with Gasteiger partial charge in [0.1, 0.15) is 28.4 Å². The Kier molecular flexibility index (Phi) is 25.7. The molecule has 540 valence electrons. The van der Waals surface area contributed by atoms with Crippen LogP contribution in [0.1, 0.15) is 230 Å². The van der Waals surface area contributed by atoms with Gasteiger partial charge in [-0.3, -0.25) is 14.8 Å². The van der Waals surface area contributed by atoms with Gasteiger partial charge in [-0.25, -0.2) is 52.6 Å². The van der Waals surface area contributed by atoms with Gasteiger partial charge in [0.2, 0.25) is 11.9 Å². The maximum Gasteiger partial charge on any atom is 0.410 e. The topological polar surface area (TPSA) is 321 Å². The first-order valence-corrected chi connectivity index (χ1v) is 36.1. The SMILES string of the molecule is CC(C)(C)OC(=O)N1CC[C@H](CCC(Nc2cccc(S(=O)(=O)NC(=O)c3ccc(C(C)(C)C)nc3F)n2)c2cc(C(C)(C)C)ccn2)C1.CC(C)(C)OC(=O)N1CC[C@H](CCC(Nc2cccc(S(N)(=O)=O)n2)c2cc(C(C)(C)C)ccn2)C1.CC(C)(C)c1ccc(C(=O)O)c(F)n1. The Labute approximate surface area is 582 Å². The molecule has 8 heterocycles. The number of halogens is 2. The number of carbonyl (C=O) groups excluding carboxylic acids is 3. The largest absolute Gasteiger partial charge is 0.478 e. The second-order valence-electron chi connectivity index (χ2n) is 31.2. The number of nitrogens with one attached hydrogen (secondary N) is 3. The number of carbonyl (C=O) groups is 4. The fraction of sp³-hybridized carbons (Fsp3) is 0.528. The van der Waals surface area contributed by atoms with Crippen molar-refractivity contribution in [3.05, 3.63) is 154 Å². The molecule has 0 bridgehead atoms. The Morgan fingerprint density at radius 1 is 0.556 bits per heavy atom. The Balaban J connectivity index is 0.000000269. The lowest BCUT2D eigenvalue weighted by atomic mass is 9.86. The van der Waals surface area contributed by atoms with Crippen LogP contribution in [0.15, 0.2) is 107 Å². The summed E-state index contributed by atoms with van der Waals surface area (Å²) < 4.78 is 91.0. The van der Waals surface area contributed by atoms with Crippen molar-refractivity contribution < 1.29 is 59.4 Å². The number of anilines is 2. The zero-order chi connectivity index (χ0) is 74.0. The summed E-state index contributed by atoms with van der Waals surface area (Å²) in [4.78, 5) is 77.3. The molecule has 99 heavy (non-hydrogen) atoms. The van der Waals surface area contributed by atoms with Gasteiger partial charge in [-0.15, -0.1) is 0 Å². The van der Waals surface area contributed by atoms with Gasteiger partial charge in [-0.1, -0.05) is 95.2 Å². The number of hydrogen-bond acceptors (Lipinski definition) is 18. The molecule has 0 aromatic carbocycles. The molecule has 6 N–H and O–H groups in total. The molecule has 6 aromatic heterocycles. The summed E-state index contributed by atoms with van der Waals surface area (Å²) in [7, 11) is -8.40. The van der Waals surface area contributed by atoms with Crippen molar-refractivity contribution in [1.82, 2.24) is 44.4 Å². The van der Waals surface area contributed by atoms with Crippen LogP contribution in [0.2, 0.25) is 0 Å². The summed E-state index contributed by atoms with van der Waals surface area (Å²) in [5.41, 5.74) is 1.93. The number of hydrogen-bond donors (Lipinski definition) is 5. The third-order valence-electron chi connectivity index (χ3n) is 16.2. The Morgan fingerprint density at radius 2 is 0.949 bits per heavy atom. The molecule has 2 saturated heterocycles. The molecule has 4 atom stereocenters. The normalized spacial score (nSPS) is 16.1. The van der Waals surface area contributed by atoms with Crippen molar-refractivity contribution in [1.29, 1.82) is 0 Å². The maximum atomic E-state index is 14.8. The molecule has 3 amide bonds. The molecule has 0 aliphatic carbocycles. The molecule has 0 saturated carbocycles. The second kappa shape index (κ2) is 31.9. The van der Waals surface area contributed by atoms with Crippen LogP contribution in [-0.2, 0) is 51.2 Å². The molecule has 0 radical (unpaired) electrons. The average Bonchev–Trinajstić information content (AvgIpc) is 1.55. The quantitative estimate of drug-likeness (QED) is 0.0530. The van der Waals surface area contributed by atoms with Crippen molar-refractivity contribution in [3.63, 3.8) is 0 Å². The lowest BCUT2D eigenvalue weighted by Gasteiger charge is -2.25. The number of amides is 3. The summed E-state index contributed by atoms with van der Waals surface area (Å²) in [6, 6.07) is 22.2. The minimum absolute atomic E-state index is 0.0482. The molecule has 2 unspecified atom stereocenters. The molecule has 2 aliphatic rings. The number of pyridine rings is 6. The number of sulfonamides is 2. The van der Waals surface area contributed by atoms with E-state index < -0.39 is 76.6 Å². The highest BCUT2D eigenvalue weighted by Gasteiger charge is 2.34. The van der Waals surface area contributed by atoms with Crippen molar-refractivity contribution in [3.8, 4) is 0 Å². The second-order valence-corrected chi connectivity index (χ2v) is 34.4. The summed E-state index contributed by atoms with van der Waals surface area (Å²) >= 11 is 0. The number of aromatic nitrogens is 6. The number of nitrogens with zero attached hydrogens (tertiary/aromatic N) is 8. The van der Waals surface area contributed by atoms with Crippen LogP contribution in [0.5, 0.6) is 0 Å². The predicted molar refractivity (Wildman–Crippen MR) is 376 cm³/mol. The average molecular weight is 1410 g/mol. The molecule has 6 aromatic rings. The van der Waals surface area contributed by atoms with Gasteiger partial charge >= 0.3 is 18.2 Å². The van der Waals surface area contributed by atoms with Gasteiger partial charge in [-0.2, -0.15) is 17.2 Å². The monoisotopic (exact) mass is 1410 g/mol. The minimum atomic E-state index is -4.47. The first kappa shape index (κ1) is 79.7. The summed E-state index contributed by atoms with van der Waals surface area (Å²) in [5.74, 6) is -3.19. The zero-order valence-electron chi connectivity index (χ0n) is 60.4. The van der Waals surface area contributed by atoms with Crippen LogP contribution < -0.4 is 20.5 Å². The molecular formula is C72H100F2N12O11S2. The zero-order valence-corrected chi connectivity index (χ0v) is 62.0. The van der Waals surface area contributed by atoms with Crippen LogP contribution in [0.3, 0.4) is 0 Å². The Morgan fingerprint density at radius 3 is 1.31 bits per heavy atom. The number of nitrogens with two attached hydrogens (primary N) is 1. The van der Waals surface area contributed by atoms with Crippen molar-refractivity contribution in [2.24, 2.45) is 17.0 Å². The van der Waals surface area contributed by atoms with Gasteiger partial charge < -0.3 is 35.0 Å². The number of likely N-dealkylation sites (tertiary alicyclic amines) is 2. The third-order valence-corrected chi connectivity index (χ3v) is 18.2. The molecular weight excluding hydrogens is 1310 g/mol. The number of rotatable bonds is 17. The van der Waals surface area contributed by atoms with Crippen LogP contribution in [-0.4, -0.2) is 123 Å². The van der Waals surface area contributed by atoms with E-state index in [0.29, 0.717) is 55.7 Å². The van der Waals surface area contributed by atoms with E-state index in [1.54, 1.807) is 40.4 Å². The summed E-state index contributed by atoms with van der Waals surface area (Å²) in [5, 5.41) is 20.0. The fourth-order valence-electron chi connectivity index (χ4n) is 10.6. The van der Waals surface area contributed by atoms with Crippen molar-refractivity contribution in [2.45, 2.75) is 218 Å². The predicted octanol–water partition coefficient (Wildman–Crippen LogP) is 13.7. The van der Waals surface area contributed by atoms with Gasteiger partial charge in [0.05, 0.1) is 29.0 Å². The van der Waals surface area contributed by atoms with E-state index in [2.05, 4.69) is 88.1 Å². The highest BCUT2D eigenvalue weighted by Crippen LogP contribution is 2.34. The number of carboxylic acid groups (broad SMARTS) is 1. The number of ether oxygens (including phenoxy) is 2. The maximum absolute atomic E-state index is 14.8. The van der Waals surface area contributed by atoms with Crippen molar-refractivity contribution in [2.75, 3.05) is 36.8 Å². The number of primary sulfonamides is 1. The first-order chi connectivity index (χ1) is 45.6. The van der Waals surface area contributed by atoms with Crippen LogP contribution in [0.4, 0.5) is 30.0 Å². The van der Waals surface area contributed by atoms with Gasteiger partial charge in [0.15, 0.2) is 10.1 Å². The van der Waals surface area contributed by atoms with E-state index in [4.69, 9.17) is 19.7 Å². The van der Waals surface area contributed by atoms with E-state index in [1.165, 1.54) is 42.5 Å². The van der Waals surface area contributed by atoms with Gasteiger partial charge in [0.25, 0.3) is 26.0 Å². The lowest BCUT2D eigenvalue weighted by Crippen LogP contribution is -2.35. The van der Waals surface area contributed by atoms with Gasteiger partial charge in [-0.05, 0) is 187 Å². The molecule has 23 nitrogen and oxygen atoms in total. The lowest BCUT2D eigenvalue weighted by molar-refractivity contribution is 0.0277. The first-order valence-electron chi connectivity index (χ1n) is 33.1. The molecule has 2 aliphatic heterocycles.